The molecule has 0 saturated carbocycles. The highest BCUT2D eigenvalue weighted by atomic mass is 16.5. The predicted molar refractivity (Wildman–Crippen MR) is 104 cm³/mol. The highest BCUT2D eigenvalue weighted by molar-refractivity contribution is 6.02. The van der Waals surface area contributed by atoms with Gasteiger partial charge in [0.1, 0.15) is 0 Å². The maximum absolute atomic E-state index is 12.4. The zero-order chi connectivity index (χ0) is 19.2. The van der Waals surface area contributed by atoms with E-state index >= 15 is 0 Å². The number of ketones is 1. The van der Waals surface area contributed by atoms with Gasteiger partial charge in [0, 0.05) is 24.1 Å². The molecule has 3 aromatic carbocycles. The summed E-state index contributed by atoms with van der Waals surface area (Å²) in [6.07, 6.45) is 0.176. The Hall–Kier alpha value is -3.47. The maximum Gasteiger partial charge on any atom is 0.337 e. The summed E-state index contributed by atoms with van der Waals surface area (Å²) in [6, 6.07) is 19.8. The van der Waals surface area contributed by atoms with E-state index in [1.165, 1.54) is 13.2 Å². The van der Waals surface area contributed by atoms with Gasteiger partial charge in [0.2, 0.25) is 5.91 Å². The molecule has 27 heavy (non-hydrogen) atoms. The number of Topliss-reactive ketones (excluding diaryl/α,β-unsaturated/α-hetero) is 1. The third-order valence-corrected chi connectivity index (χ3v) is 4.22. The number of rotatable bonds is 6. The number of nitrogens with one attached hydrogen (secondary N) is 1. The molecule has 0 aliphatic rings. The topological polar surface area (TPSA) is 72.5 Å². The van der Waals surface area contributed by atoms with Gasteiger partial charge in [-0.15, -0.1) is 0 Å². The van der Waals surface area contributed by atoms with Crippen LogP contribution in [-0.2, 0) is 9.53 Å². The van der Waals surface area contributed by atoms with Gasteiger partial charge in [0.05, 0.1) is 12.7 Å². The number of carbonyl (C=O) groups is 3. The fraction of sp³-hybridized carbons (Fsp3) is 0.136. The molecular weight excluding hydrogens is 342 g/mol. The number of hydrogen-bond donors (Lipinski definition) is 1. The van der Waals surface area contributed by atoms with E-state index in [1.807, 2.05) is 36.4 Å². The van der Waals surface area contributed by atoms with Crippen LogP contribution in [-0.4, -0.2) is 24.8 Å². The lowest BCUT2D eigenvalue weighted by atomic mass is 10.0. The Labute approximate surface area is 157 Å². The molecule has 136 valence electrons. The molecule has 5 heteroatoms. The van der Waals surface area contributed by atoms with Crippen LogP contribution in [0, 0.1) is 0 Å². The van der Waals surface area contributed by atoms with E-state index in [0.717, 1.165) is 10.8 Å². The molecule has 3 rings (SSSR count). The van der Waals surface area contributed by atoms with Crippen LogP contribution in [0.1, 0.15) is 33.6 Å². The molecule has 0 atom stereocenters. The number of methoxy groups -OCH3 is 1. The second-order valence-corrected chi connectivity index (χ2v) is 6.11. The van der Waals surface area contributed by atoms with E-state index in [2.05, 4.69) is 10.1 Å². The molecule has 0 spiro atoms. The van der Waals surface area contributed by atoms with Gasteiger partial charge < -0.3 is 10.1 Å². The van der Waals surface area contributed by atoms with Gasteiger partial charge in [-0.25, -0.2) is 4.79 Å². The second kappa shape index (κ2) is 8.27. The minimum Gasteiger partial charge on any atom is -0.465 e. The molecule has 0 fully saturated rings. The third-order valence-electron chi connectivity index (χ3n) is 4.22. The monoisotopic (exact) mass is 361 g/mol. The number of carbonyl (C=O) groups excluding carboxylic acids is 3. The average Bonchev–Trinajstić information content (AvgIpc) is 2.71. The molecule has 0 aliphatic carbocycles. The predicted octanol–water partition coefficient (Wildman–Crippen LogP) is 4.23. The van der Waals surface area contributed by atoms with Gasteiger partial charge >= 0.3 is 5.97 Å². The Morgan fingerprint density at radius 2 is 1.59 bits per heavy atom. The van der Waals surface area contributed by atoms with Crippen molar-refractivity contribution in [3.05, 3.63) is 77.9 Å². The van der Waals surface area contributed by atoms with Gasteiger partial charge in [-0.2, -0.15) is 0 Å². The lowest BCUT2D eigenvalue weighted by Crippen LogP contribution is -2.14. The van der Waals surface area contributed by atoms with Gasteiger partial charge in [-0.05, 0) is 35.0 Å². The summed E-state index contributed by atoms with van der Waals surface area (Å²) in [7, 11) is 1.30. The average molecular weight is 361 g/mol. The van der Waals surface area contributed by atoms with Crippen molar-refractivity contribution in [1.82, 2.24) is 0 Å². The van der Waals surface area contributed by atoms with E-state index < -0.39 is 5.97 Å². The largest absolute Gasteiger partial charge is 0.465 e. The van der Waals surface area contributed by atoms with Crippen LogP contribution >= 0.6 is 0 Å². The molecule has 0 bridgehead atoms. The number of amides is 1. The molecule has 0 aliphatic heterocycles. The van der Waals surface area contributed by atoms with Crippen LogP contribution in [0.3, 0.4) is 0 Å². The fourth-order valence-electron chi connectivity index (χ4n) is 2.80. The van der Waals surface area contributed by atoms with Crippen molar-refractivity contribution < 1.29 is 19.1 Å². The lowest BCUT2D eigenvalue weighted by Gasteiger charge is -2.07. The van der Waals surface area contributed by atoms with Gasteiger partial charge in [-0.3, -0.25) is 9.59 Å². The van der Waals surface area contributed by atoms with Crippen LogP contribution in [0.5, 0.6) is 0 Å². The first-order valence-corrected chi connectivity index (χ1v) is 8.57. The van der Waals surface area contributed by atoms with Gasteiger partial charge in [0.25, 0.3) is 0 Å². The first-order valence-electron chi connectivity index (χ1n) is 8.57. The quantitative estimate of drug-likeness (QED) is 0.527. The first kappa shape index (κ1) is 18.3. The lowest BCUT2D eigenvalue weighted by molar-refractivity contribution is -0.116. The van der Waals surface area contributed by atoms with Gasteiger partial charge in [-0.1, -0.05) is 42.5 Å². The molecule has 0 unspecified atom stereocenters. The Morgan fingerprint density at radius 1 is 0.815 bits per heavy atom. The zero-order valence-corrected chi connectivity index (χ0v) is 14.9. The molecule has 5 nitrogen and oxygen atoms in total. The van der Waals surface area contributed by atoms with Crippen LogP contribution in [0.25, 0.3) is 10.8 Å². The standard InChI is InChI=1S/C22H19NO4/c1-27-22(26)18-7-4-8-19(14-18)23-21(25)12-11-20(24)17-10-9-15-5-2-3-6-16(15)13-17/h2-10,13-14H,11-12H2,1H3,(H,23,25). The highest BCUT2D eigenvalue weighted by Crippen LogP contribution is 2.17. The van der Waals surface area contributed by atoms with Crippen molar-refractivity contribution in [1.29, 1.82) is 0 Å². The van der Waals surface area contributed by atoms with Crippen molar-refractivity contribution in [2.45, 2.75) is 12.8 Å². The van der Waals surface area contributed by atoms with E-state index in [4.69, 9.17) is 0 Å². The van der Waals surface area contributed by atoms with Crippen molar-refractivity contribution >= 4 is 34.1 Å². The molecule has 0 radical (unpaired) electrons. The number of benzene rings is 3. The number of esters is 1. The summed E-state index contributed by atoms with van der Waals surface area (Å²) < 4.78 is 4.66. The van der Waals surface area contributed by atoms with E-state index in [9.17, 15) is 14.4 Å². The Bertz CT molecular complexity index is 1010. The minimum absolute atomic E-state index is 0.0636. The Kier molecular flexibility index (Phi) is 5.61. The van der Waals surface area contributed by atoms with Crippen molar-refractivity contribution in [2.75, 3.05) is 12.4 Å². The number of ether oxygens (including phenoxy) is 1. The van der Waals surface area contributed by atoms with Crippen molar-refractivity contribution in [3.8, 4) is 0 Å². The van der Waals surface area contributed by atoms with Crippen molar-refractivity contribution in [3.63, 3.8) is 0 Å². The summed E-state index contributed by atoms with van der Waals surface area (Å²) >= 11 is 0. The number of hydrogen-bond acceptors (Lipinski definition) is 4. The van der Waals surface area contributed by atoms with E-state index in [1.54, 1.807) is 24.3 Å². The summed E-state index contributed by atoms with van der Waals surface area (Å²) in [5, 5.41) is 4.76. The summed E-state index contributed by atoms with van der Waals surface area (Å²) in [5.41, 5.74) is 1.43. The van der Waals surface area contributed by atoms with Crippen LogP contribution in [0.4, 0.5) is 5.69 Å². The summed E-state index contributed by atoms with van der Waals surface area (Å²) in [4.78, 5) is 36.1. The van der Waals surface area contributed by atoms with E-state index in [-0.39, 0.29) is 24.5 Å². The Balaban J connectivity index is 1.59. The SMILES string of the molecule is COC(=O)c1cccc(NC(=O)CCC(=O)c2ccc3ccccc3c2)c1. The van der Waals surface area contributed by atoms with E-state index in [0.29, 0.717) is 16.8 Å². The highest BCUT2D eigenvalue weighted by Gasteiger charge is 2.11. The van der Waals surface area contributed by atoms with Crippen LogP contribution < -0.4 is 5.32 Å². The molecule has 1 N–H and O–H groups in total. The second-order valence-electron chi connectivity index (χ2n) is 6.11. The Morgan fingerprint density at radius 3 is 2.37 bits per heavy atom. The molecule has 0 aromatic heterocycles. The number of anilines is 1. The summed E-state index contributed by atoms with van der Waals surface area (Å²) in [5.74, 6) is -0.844. The fourth-order valence-corrected chi connectivity index (χ4v) is 2.80. The number of fused-ring (bicyclic) bond motifs is 1. The smallest absolute Gasteiger partial charge is 0.337 e. The third kappa shape index (κ3) is 4.58. The zero-order valence-electron chi connectivity index (χ0n) is 14.9. The minimum atomic E-state index is -0.474. The summed E-state index contributed by atoms with van der Waals surface area (Å²) in [6.45, 7) is 0. The normalized spacial score (nSPS) is 10.4. The van der Waals surface area contributed by atoms with Crippen molar-refractivity contribution in [2.24, 2.45) is 0 Å². The maximum atomic E-state index is 12.4. The van der Waals surface area contributed by atoms with Crippen LogP contribution in [0.2, 0.25) is 0 Å². The van der Waals surface area contributed by atoms with Crippen LogP contribution in [0.15, 0.2) is 66.7 Å². The molecule has 3 aromatic rings. The molecule has 0 heterocycles. The molecule has 1 amide bonds. The first-order chi connectivity index (χ1) is 13.1. The van der Waals surface area contributed by atoms with Gasteiger partial charge in [0.15, 0.2) is 5.78 Å². The molecular formula is C22H19NO4. The molecule has 0 saturated heterocycles.